The zero-order valence-electron chi connectivity index (χ0n) is 13.9. The second-order valence-electron chi connectivity index (χ2n) is 5.16. The van der Waals surface area contributed by atoms with Gasteiger partial charge < -0.3 is 14.8 Å². The molecule has 2 aromatic rings. The smallest absolute Gasteiger partial charge is 0.344 e. The Morgan fingerprint density at radius 1 is 1.04 bits per heavy atom. The van der Waals surface area contributed by atoms with Gasteiger partial charge in [0, 0.05) is 5.69 Å². The largest absolute Gasteiger partial charge is 0.481 e. The molecule has 0 unspecified atom stereocenters. The number of hydrogen-bond acceptors (Lipinski definition) is 5. The number of amides is 1. The first-order valence-electron chi connectivity index (χ1n) is 7.84. The van der Waals surface area contributed by atoms with E-state index in [0.29, 0.717) is 17.5 Å². The number of ether oxygens (including phenoxy) is 2. The van der Waals surface area contributed by atoms with E-state index in [-0.39, 0.29) is 12.4 Å². The van der Waals surface area contributed by atoms with E-state index in [0.717, 1.165) is 12.0 Å². The lowest BCUT2D eigenvalue weighted by Crippen LogP contribution is -2.24. The van der Waals surface area contributed by atoms with Crippen LogP contribution in [0.25, 0.3) is 0 Å². The number of nitrogens with one attached hydrogen (secondary N) is 1. The number of carbonyl (C=O) groups is 3. The van der Waals surface area contributed by atoms with Crippen LogP contribution in [0.5, 0.6) is 5.75 Å². The molecule has 6 nitrogen and oxygen atoms in total. The fraction of sp³-hybridized carbons (Fsp3) is 0.211. The van der Waals surface area contributed by atoms with Crippen molar-refractivity contribution >= 4 is 23.9 Å². The molecule has 2 rings (SSSR count). The van der Waals surface area contributed by atoms with Crippen molar-refractivity contribution in [2.24, 2.45) is 0 Å². The van der Waals surface area contributed by atoms with Crippen molar-refractivity contribution in [3.05, 3.63) is 59.7 Å². The molecule has 0 bridgehead atoms. The summed E-state index contributed by atoms with van der Waals surface area (Å²) in [5, 5.41) is 2.71. The number of rotatable bonds is 8. The van der Waals surface area contributed by atoms with E-state index in [1.165, 1.54) is 0 Å². The normalized spacial score (nSPS) is 9.96. The van der Waals surface area contributed by atoms with Crippen molar-refractivity contribution in [3.8, 4) is 5.75 Å². The van der Waals surface area contributed by atoms with Crippen LogP contribution in [0, 0.1) is 0 Å². The summed E-state index contributed by atoms with van der Waals surface area (Å²) in [7, 11) is 0. The molecular formula is C19H19NO5. The second-order valence-corrected chi connectivity index (χ2v) is 5.16. The highest BCUT2D eigenvalue weighted by Gasteiger charge is 2.11. The highest BCUT2D eigenvalue weighted by Crippen LogP contribution is 2.16. The Kier molecular flexibility index (Phi) is 6.71. The van der Waals surface area contributed by atoms with Crippen LogP contribution >= 0.6 is 0 Å². The van der Waals surface area contributed by atoms with E-state index in [4.69, 9.17) is 9.47 Å². The first-order chi connectivity index (χ1) is 12.1. The number of aldehydes is 1. The zero-order chi connectivity index (χ0) is 18.1. The lowest BCUT2D eigenvalue weighted by molar-refractivity contribution is -0.149. The average Bonchev–Trinajstić information content (AvgIpc) is 2.65. The van der Waals surface area contributed by atoms with Gasteiger partial charge in [-0.05, 0) is 30.2 Å². The standard InChI is InChI=1S/C19H19NO5/c1-2-14-7-3-5-9-16(14)20-18(22)12-25-19(23)13-24-17-10-6-4-8-15(17)11-21/h3-11H,2,12-13H2,1H3,(H,20,22). The number of anilines is 1. The minimum absolute atomic E-state index is 0.288. The van der Waals surface area contributed by atoms with Crippen LogP contribution in [-0.2, 0) is 20.7 Å². The zero-order valence-corrected chi connectivity index (χ0v) is 13.9. The minimum Gasteiger partial charge on any atom is -0.481 e. The van der Waals surface area contributed by atoms with Gasteiger partial charge in [0.05, 0.1) is 5.56 Å². The molecule has 0 spiro atoms. The molecule has 2 aromatic carbocycles. The topological polar surface area (TPSA) is 81.7 Å². The van der Waals surface area contributed by atoms with Gasteiger partial charge in [0.15, 0.2) is 19.5 Å². The molecule has 130 valence electrons. The molecule has 0 aliphatic carbocycles. The number of para-hydroxylation sites is 2. The van der Waals surface area contributed by atoms with Crippen molar-refractivity contribution in [1.82, 2.24) is 0 Å². The Morgan fingerprint density at radius 2 is 1.76 bits per heavy atom. The molecule has 6 heteroatoms. The van der Waals surface area contributed by atoms with Crippen LogP contribution < -0.4 is 10.1 Å². The molecule has 0 fully saturated rings. The predicted octanol–water partition coefficient (Wildman–Crippen LogP) is 2.62. The summed E-state index contributed by atoms with van der Waals surface area (Å²) in [5.41, 5.74) is 2.03. The van der Waals surface area contributed by atoms with E-state index < -0.39 is 18.5 Å². The van der Waals surface area contributed by atoms with Crippen molar-refractivity contribution in [2.45, 2.75) is 13.3 Å². The quantitative estimate of drug-likeness (QED) is 0.589. The van der Waals surface area contributed by atoms with Gasteiger partial charge in [0.25, 0.3) is 5.91 Å². The Labute approximate surface area is 145 Å². The number of benzene rings is 2. The van der Waals surface area contributed by atoms with Gasteiger partial charge in [-0.3, -0.25) is 9.59 Å². The fourth-order valence-corrected chi connectivity index (χ4v) is 2.17. The van der Waals surface area contributed by atoms with Crippen LogP contribution in [0.2, 0.25) is 0 Å². The average molecular weight is 341 g/mol. The maximum atomic E-state index is 11.9. The van der Waals surface area contributed by atoms with Crippen LogP contribution in [-0.4, -0.2) is 31.4 Å². The van der Waals surface area contributed by atoms with E-state index in [1.807, 2.05) is 25.1 Å². The third kappa shape index (κ3) is 5.46. The monoisotopic (exact) mass is 341 g/mol. The van der Waals surface area contributed by atoms with Gasteiger partial charge in [-0.15, -0.1) is 0 Å². The summed E-state index contributed by atoms with van der Waals surface area (Å²) < 4.78 is 10.1. The van der Waals surface area contributed by atoms with Gasteiger partial charge in [0.1, 0.15) is 5.75 Å². The Hall–Kier alpha value is -3.15. The first kappa shape index (κ1) is 18.2. The lowest BCUT2D eigenvalue weighted by Gasteiger charge is -2.10. The summed E-state index contributed by atoms with van der Waals surface area (Å²) >= 11 is 0. The Bertz CT molecular complexity index is 757. The summed E-state index contributed by atoms with van der Waals surface area (Å²) in [6, 6.07) is 13.9. The molecule has 0 aromatic heterocycles. The second kappa shape index (κ2) is 9.22. The highest BCUT2D eigenvalue weighted by molar-refractivity contribution is 5.93. The predicted molar refractivity (Wildman–Crippen MR) is 92.7 cm³/mol. The van der Waals surface area contributed by atoms with E-state index >= 15 is 0 Å². The number of carbonyl (C=O) groups excluding carboxylic acids is 3. The number of esters is 1. The summed E-state index contributed by atoms with van der Waals surface area (Å²) in [4.78, 5) is 34.4. The van der Waals surface area contributed by atoms with Crippen LogP contribution in [0.15, 0.2) is 48.5 Å². The van der Waals surface area contributed by atoms with Crippen LogP contribution in [0.4, 0.5) is 5.69 Å². The maximum absolute atomic E-state index is 11.9. The molecule has 0 aliphatic heterocycles. The molecule has 0 atom stereocenters. The van der Waals surface area contributed by atoms with Crippen molar-refractivity contribution in [3.63, 3.8) is 0 Å². The van der Waals surface area contributed by atoms with E-state index in [1.54, 1.807) is 30.3 Å². The fourth-order valence-electron chi connectivity index (χ4n) is 2.17. The number of hydrogen-bond donors (Lipinski definition) is 1. The molecule has 0 aliphatic rings. The third-order valence-electron chi connectivity index (χ3n) is 3.43. The van der Waals surface area contributed by atoms with E-state index in [9.17, 15) is 14.4 Å². The molecule has 25 heavy (non-hydrogen) atoms. The van der Waals surface area contributed by atoms with E-state index in [2.05, 4.69) is 5.32 Å². The van der Waals surface area contributed by atoms with Gasteiger partial charge in [-0.2, -0.15) is 0 Å². The first-order valence-corrected chi connectivity index (χ1v) is 7.84. The van der Waals surface area contributed by atoms with Gasteiger partial charge >= 0.3 is 5.97 Å². The molecule has 0 heterocycles. The molecule has 0 radical (unpaired) electrons. The molecule has 1 N–H and O–H groups in total. The van der Waals surface area contributed by atoms with Crippen LogP contribution in [0.3, 0.4) is 0 Å². The lowest BCUT2D eigenvalue weighted by atomic mass is 10.1. The van der Waals surface area contributed by atoms with Gasteiger partial charge in [-0.1, -0.05) is 37.3 Å². The third-order valence-corrected chi connectivity index (χ3v) is 3.43. The summed E-state index contributed by atoms with van der Waals surface area (Å²) in [5.74, 6) is -0.835. The highest BCUT2D eigenvalue weighted by atomic mass is 16.6. The van der Waals surface area contributed by atoms with Gasteiger partial charge in [0.2, 0.25) is 0 Å². The molecule has 1 amide bonds. The summed E-state index contributed by atoms with van der Waals surface area (Å²) in [6.07, 6.45) is 1.42. The Balaban J connectivity index is 1.79. The van der Waals surface area contributed by atoms with Crippen LogP contribution in [0.1, 0.15) is 22.8 Å². The molecular weight excluding hydrogens is 322 g/mol. The summed E-state index contributed by atoms with van der Waals surface area (Å²) in [6.45, 7) is 1.19. The number of aryl methyl sites for hydroxylation is 1. The Morgan fingerprint density at radius 3 is 2.52 bits per heavy atom. The molecule has 0 saturated heterocycles. The SMILES string of the molecule is CCc1ccccc1NC(=O)COC(=O)COc1ccccc1C=O. The van der Waals surface area contributed by atoms with Gasteiger partial charge in [-0.25, -0.2) is 4.79 Å². The van der Waals surface area contributed by atoms with Crippen molar-refractivity contribution < 1.29 is 23.9 Å². The van der Waals surface area contributed by atoms with Crippen molar-refractivity contribution in [1.29, 1.82) is 0 Å². The molecule has 0 saturated carbocycles. The minimum atomic E-state index is -0.695. The maximum Gasteiger partial charge on any atom is 0.344 e. The van der Waals surface area contributed by atoms with Crippen molar-refractivity contribution in [2.75, 3.05) is 18.5 Å².